The van der Waals surface area contributed by atoms with Gasteiger partial charge >= 0.3 is 5.97 Å². The zero-order chi connectivity index (χ0) is 26.3. The SMILES string of the molecule is O=C(Nc1cc(Cl)c(Cl)cc1Cl)C(=O)[C@H](C(=O)c1ccc2ccccc2c1)[C@H]1OC(=O)c2ccccc21. The number of Topliss-reactive ketones (excluding diaryl/α,β-unsaturated/α-hetero) is 2. The molecule has 1 heterocycles. The van der Waals surface area contributed by atoms with Gasteiger partial charge in [0.15, 0.2) is 5.78 Å². The average molecular weight is 553 g/mol. The number of nitrogens with one attached hydrogen (secondary N) is 1. The minimum Gasteiger partial charge on any atom is -0.453 e. The maximum Gasteiger partial charge on any atom is 0.339 e. The number of hydrogen-bond donors (Lipinski definition) is 1. The van der Waals surface area contributed by atoms with Gasteiger partial charge in [0.25, 0.3) is 5.91 Å². The van der Waals surface area contributed by atoms with E-state index in [2.05, 4.69) is 5.32 Å². The van der Waals surface area contributed by atoms with Crippen LogP contribution in [0.3, 0.4) is 0 Å². The summed E-state index contributed by atoms with van der Waals surface area (Å²) in [4.78, 5) is 53.0. The number of carbonyl (C=O) groups is 4. The third kappa shape index (κ3) is 4.71. The van der Waals surface area contributed by atoms with E-state index >= 15 is 0 Å². The lowest BCUT2D eigenvalue weighted by Gasteiger charge is -2.21. The first kappa shape index (κ1) is 25.0. The maximum absolute atomic E-state index is 13.8. The Morgan fingerprint density at radius 3 is 2.24 bits per heavy atom. The molecule has 0 aromatic heterocycles. The summed E-state index contributed by atoms with van der Waals surface area (Å²) < 4.78 is 5.48. The Morgan fingerprint density at radius 2 is 1.46 bits per heavy atom. The second-order valence-corrected chi connectivity index (χ2v) is 9.60. The number of halogens is 3. The van der Waals surface area contributed by atoms with Gasteiger partial charge in [-0.3, -0.25) is 14.4 Å². The van der Waals surface area contributed by atoms with Crippen LogP contribution < -0.4 is 5.32 Å². The smallest absolute Gasteiger partial charge is 0.339 e. The molecule has 4 aromatic carbocycles. The molecule has 1 N–H and O–H groups in total. The minimum absolute atomic E-state index is 0.0372. The van der Waals surface area contributed by atoms with Gasteiger partial charge in [-0.25, -0.2) is 4.79 Å². The minimum atomic E-state index is -1.64. The molecule has 4 aromatic rings. The van der Waals surface area contributed by atoms with Crippen LogP contribution >= 0.6 is 34.8 Å². The number of hydrogen-bond acceptors (Lipinski definition) is 5. The highest BCUT2D eigenvalue weighted by atomic mass is 35.5. The van der Waals surface area contributed by atoms with E-state index in [0.29, 0.717) is 5.56 Å². The van der Waals surface area contributed by atoms with Crippen LogP contribution in [0.25, 0.3) is 10.8 Å². The van der Waals surface area contributed by atoms with Crippen molar-refractivity contribution in [3.63, 3.8) is 0 Å². The van der Waals surface area contributed by atoms with Crippen LogP contribution in [0.4, 0.5) is 5.69 Å². The van der Waals surface area contributed by atoms with Crippen LogP contribution in [0.15, 0.2) is 78.9 Å². The summed E-state index contributed by atoms with van der Waals surface area (Å²) in [5.74, 6) is -5.22. The van der Waals surface area contributed by atoms with Crippen LogP contribution in [-0.2, 0) is 14.3 Å². The van der Waals surface area contributed by atoms with Crippen molar-refractivity contribution in [2.45, 2.75) is 6.10 Å². The summed E-state index contributed by atoms with van der Waals surface area (Å²) in [6.45, 7) is 0. The van der Waals surface area contributed by atoms with Crippen LogP contribution in [0.5, 0.6) is 0 Å². The number of rotatable bonds is 6. The van der Waals surface area contributed by atoms with Gasteiger partial charge in [0.1, 0.15) is 12.0 Å². The van der Waals surface area contributed by atoms with E-state index in [4.69, 9.17) is 39.5 Å². The Morgan fingerprint density at radius 1 is 0.784 bits per heavy atom. The normalized spacial score (nSPS) is 15.1. The maximum atomic E-state index is 13.8. The number of ketones is 2. The van der Waals surface area contributed by atoms with E-state index in [-0.39, 0.29) is 31.9 Å². The van der Waals surface area contributed by atoms with Crippen LogP contribution in [0.1, 0.15) is 32.4 Å². The molecule has 37 heavy (non-hydrogen) atoms. The van der Waals surface area contributed by atoms with Crippen LogP contribution in [0.2, 0.25) is 15.1 Å². The van der Waals surface area contributed by atoms with Crippen molar-refractivity contribution >= 4 is 74.7 Å². The standard InChI is InChI=1S/C28H16Cl3NO5/c29-19-12-21(31)22(13-20(19)30)32-27(35)25(34)23(26-17-7-3-4-8-18(17)28(36)37-26)24(33)16-10-9-14-5-1-2-6-15(14)11-16/h1-13,23,26H,(H,32,35)/t23-,26-/m0/s1. The molecule has 0 spiro atoms. The molecule has 0 unspecified atom stereocenters. The number of fused-ring (bicyclic) bond motifs is 2. The monoisotopic (exact) mass is 551 g/mol. The summed E-state index contributed by atoms with van der Waals surface area (Å²) in [5, 5.41) is 4.38. The molecule has 0 radical (unpaired) electrons. The molecular formula is C28H16Cl3NO5. The molecule has 1 aliphatic heterocycles. The fraction of sp³-hybridized carbons (Fsp3) is 0.0714. The van der Waals surface area contributed by atoms with Gasteiger partial charge in [0.05, 0.1) is 26.3 Å². The lowest BCUT2D eigenvalue weighted by atomic mass is 9.84. The molecule has 9 heteroatoms. The number of ether oxygens (including phenoxy) is 1. The molecule has 6 nitrogen and oxygen atoms in total. The molecule has 0 bridgehead atoms. The molecule has 5 rings (SSSR count). The van der Waals surface area contributed by atoms with Crippen molar-refractivity contribution in [2.24, 2.45) is 5.92 Å². The van der Waals surface area contributed by atoms with Crippen molar-refractivity contribution in [1.82, 2.24) is 0 Å². The highest BCUT2D eigenvalue weighted by molar-refractivity contribution is 6.47. The number of benzene rings is 4. The predicted molar refractivity (Wildman–Crippen MR) is 141 cm³/mol. The molecular weight excluding hydrogens is 537 g/mol. The van der Waals surface area contributed by atoms with E-state index < -0.39 is 35.5 Å². The highest BCUT2D eigenvalue weighted by Gasteiger charge is 2.46. The first-order chi connectivity index (χ1) is 17.7. The quantitative estimate of drug-likeness (QED) is 0.0943. The van der Waals surface area contributed by atoms with Gasteiger partial charge in [-0.15, -0.1) is 0 Å². The number of cyclic esters (lactones) is 1. The largest absolute Gasteiger partial charge is 0.453 e. The molecule has 0 saturated carbocycles. The Bertz CT molecular complexity index is 1620. The molecule has 0 saturated heterocycles. The second-order valence-electron chi connectivity index (χ2n) is 8.38. The Kier molecular flexibility index (Phi) is 6.73. The Hall–Kier alpha value is -3.71. The summed E-state index contributed by atoms with van der Waals surface area (Å²) >= 11 is 18.1. The summed E-state index contributed by atoms with van der Waals surface area (Å²) in [7, 11) is 0. The first-order valence-corrected chi connectivity index (χ1v) is 12.2. The van der Waals surface area contributed by atoms with Gasteiger partial charge in [-0.1, -0.05) is 89.4 Å². The topological polar surface area (TPSA) is 89.5 Å². The Balaban J connectivity index is 1.55. The van der Waals surface area contributed by atoms with E-state index in [1.165, 1.54) is 18.2 Å². The van der Waals surface area contributed by atoms with Gasteiger partial charge in [-0.05, 0) is 35.0 Å². The molecule has 1 aliphatic rings. The number of amides is 1. The summed E-state index contributed by atoms with van der Waals surface area (Å²) in [6.07, 6.45) is -1.29. The zero-order valence-electron chi connectivity index (χ0n) is 18.8. The Labute approximate surface area is 226 Å². The van der Waals surface area contributed by atoms with Gasteiger partial charge < -0.3 is 10.1 Å². The third-order valence-electron chi connectivity index (χ3n) is 6.10. The molecule has 0 aliphatic carbocycles. The zero-order valence-corrected chi connectivity index (χ0v) is 21.1. The predicted octanol–water partition coefficient (Wildman–Crippen LogP) is 6.72. The van der Waals surface area contributed by atoms with Crippen molar-refractivity contribution in [2.75, 3.05) is 5.32 Å². The van der Waals surface area contributed by atoms with E-state index in [9.17, 15) is 19.2 Å². The summed E-state index contributed by atoms with van der Waals surface area (Å²) in [5.41, 5.74) is 0.804. The van der Waals surface area contributed by atoms with Crippen molar-refractivity contribution in [3.05, 3.63) is 111 Å². The van der Waals surface area contributed by atoms with E-state index in [1.807, 2.05) is 24.3 Å². The fourth-order valence-electron chi connectivity index (χ4n) is 4.28. The fourth-order valence-corrected chi connectivity index (χ4v) is 4.87. The third-order valence-corrected chi connectivity index (χ3v) is 7.14. The van der Waals surface area contributed by atoms with Crippen molar-refractivity contribution in [3.8, 4) is 0 Å². The highest BCUT2D eigenvalue weighted by Crippen LogP contribution is 2.39. The van der Waals surface area contributed by atoms with Gasteiger partial charge in [-0.2, -0.15) is 0 Å². The van der Waals surface area contributed by atoms with Crippen LogP contribution in [0, 0.1) is 5.92 Å². The van der Waals surface area contributed by atoms with Crippen molar-refractivity contribution in [1.29, 1.82) is 0 Å². The second kappa shape index (κ2) is 9.98. The average Bonchev–Trinajstić information content (AvgIpc) is 3.23. The van der Waals surface area contributed by atoms with E-state index in [0.717, 1.165) is 10.8 Å². The number of carbonyl (C=O) groups excluding carboxylic acids is 4. The lowest BCUT2D eigenvalue weighted by Crippen LogP contribution is -2.38. The lowest BCUT2D eigenvalue weighted by molar-refractivity contribution is -0.138. The van der Waals surface area contributed by atoms with Crippen LogP contribution in [-0.4, -0.2) is 23.4 Å². The van der Waals surface area contributed by atoms with Crippen molar-refractivity contribution < 1.29 is 23.9 Å². The summed E-state index contributed by atoms with van der Waals surface area (Å²) in [6, 6.07) is 21.4. The van der Waals surface area contributed by atoms with E-state index in [1.54, 1.807) is 36.4 Å². The number of anilines is 1. The number of esters is 1. The molecule has 2 atom stereocenters. The first-order valence-electron chi connectivity index (χ1n) is 11.1. The molecule has 1 amide bonds. The molecule has 0 fully saturated rings. The van der Waals surface area contributed by atoms with Gasteiger partial charge in [0, 0.05) is 11.1 Å². The van der Waals surface area contributed by atoms with Gasteiger partial charge in [0.2, 0.25) is 5.78 Å². The molecule has 184 valence electrons.